The zero-order valence-electron chi connectivity index (χ0n) is 15.2. The van der Waals surface area contributed by atoms with Crippen LogP contribution in [0.2, 0.25) is 0 Å². The Balaban J connectivity index is 0. The zero-order chi connectivity index (χ0) is 16.3. The third-order valence-corrected chi connectivity index (χ3v) is 3.92. The first kappa shape index (κ1) is 23.2. The van der Waals surface area contributed by atoms with Crippen LogP contribution in [-0.2, 0) is 0 Å². The molecule has 1 saturated heterocycles. The van der Waals surface area contributed by atoms with Crippen molar-refractivity contribution in [3.63, 3.8) is 0 Å². The fraction of sp³-hybridized carbons (Fsp3) is 0.700. The number of nitrogens with one attached hydrogen (secondary N) is 1. The highest BCUT2D eigenvalue weighted by molar-refractivity contribution is 5.51. The lowest BCUT2D eigenvalue weighted by molar-refractivity contribution is 0.161. The summed E-state index contributed by atoms with van der Waals surface area (Å²) in [6, 6.07) is 9.91. The molecule has 0 radical (unpaired) electrons. The third kappa shape index (κ3) is 7.31. The highest BCUT2D eigenvalue weighted by Crippen LogP contribution is 2.22. The van der Waals surface area contributed by atoms with Crippen LogP contribution in [0, 0.1) is 6.92 Å². The van der Waals surface area contributed by atoms with Crippen LogP contribution < -0.4 is 5.32 Å². The number of para-hydroxylation sites is 1. The van der Waals surface area contributed by atoms with Gasteiger partial charge in [-0.25, -0.2) is 0 Å². The Morgan fingerprint density at radius 1 is 1.14 bits per heavy atom. The first-order chi connectivity index (χ1) is 10.2. The van der Waals surface area contributed by atoms with Gasteiger partial charge < -0.3 is 10.2 Å². The second-order valence-corrected chi connectivity index (χ2v) is 5.16. The molecule has 1 aliphatic rings. The van der Waals surface area contributed by atoms with Crippen LogP contribution in [0.4, 0.5) is 5.69 Å². The van der Waals surface area contributed by atoms with E-state index in [9.17, 15) is 0 Å². The van der Waals surface area contributed by atoms with Gasteiger partial charge in [0.05, 0.1) is 0 Å². The van der Waals surface area contributed by atoms with Gasteiger partial charge >= 0.3 is 0 Å². The fourth-order valence-electron chi connectivity index (χ4n) is 2.78. The Labute approximate surface area is 140 Å². The maximum atomic E-state index is 3.70. The van der Waals surface area contributed by atoms with Gasteiger partial charge in [0.2, 0.25) is 0 Å². The number of anilines is 1. The predicted molar refractivity (Wildman–Crippen MR) is 104 cm³/mol. The minimum atomic E-state index is 0. The first-order valence-corrected chi connectivity index (χ1v) is 8.77. The van der Waals surface area contributed by atoms with Crippen molar-refractivity contribution in [3.05, 3.63) is 29.8 Å². The van der Waals surface area contributed by atoms with Crippen molar-refractivity contribution in [2.45, 2.75) is 80.8 Å². The molecular weight excluding hydrogens is 268 g/mol. The van der Waals surface area contributed by atoms with E-state index in [4.69, 9.17) is 0 Å². The van der Waals surface area contributed by atoms with E-state index < -0.39 is 0 Å². The largest absolute Gasteiger partial charge is 0.382 e. The lowest BCUT2D eigenvalue weighted by atomic mass is 9.97. The van der Waals surface area contributed by atoms with E-state index in [1.165, 1.54) is 37.2 Å². The number of aryl methyl sites for hydroxylation is 1. The van der Waals surface area contributed by atoms with Crippen molar-refractivity contribution >= 4 is 5.69 Å². The molecule has 0 aromatic heterocycles. The van der Waals surface area contributed by atoms with E-state index in [1.54, 1.807) is 0 Å². The van der Waals surface area contributed by atoms with E-state index in [-0.39, 0.29) is 7.43 Å². The Morgan fingerprint density at radius 3 is 2.23 bits per heavy atom. The molecule has 0 bridgehead atoms. The summed E-state index contributed by atoms with van der Waals surface area (Å²) < 4.78 is 0. The number of piperidine rings is 1. The second-order valence-electron chi connectivity index (χ2n) is 5.16. The molecule has 1 N–H and O–H groups in total. The van der Waals surface area contributed by atoms with Crippen molar-refractivity contribution in [1.82, 2.24) is 4.90 Å². The molecule has 1 aliphatic heterocycles. The monoisotopic (exact) mass is 308 g/mol. The summed E-state index contributed by atoms with van der Waals surface area (Å²) in [5.74, 6) is 0. The lowest BCUT2D eigenvalue weighted by Gasteiger charge is -2.37. The number of benzene rings is 1. The topological polar surface area (TPSA) is 15.3 Å². The Morgan fingerprint density at radius 2 is 1.73 bits per heavy atom. The van der Waals surface area contributed by atoms with Gasteiger partial charge in [-0.3, -0.25) is 0 Å². The van der Waals surface area contributed by atoms with Crippen LogP contribution in [0.1, 0.15) is 67.4 Å². The Kier molecular flexibility index (Phi) is 14.4. The average Bonchev–Trinajstić information content (AvgIpc) is 2.54. The van der Waals surface area contributed by atoms with Crippen molar-refractivity contribution in [3.8, 4) is 0 Å². The van der Waals surface area contributed by atoms with Crippen LogP contribution in [0.5, 0.6) is 0 Å². The SMILES string of the molecule is C.CC.CC.CCN1CCC(Nc2ccccc2C)CC1C. The van der Waals surface area contributed by atoms with Crippen LogP contribution in [0.25, 0.3) is 0 Å². The zero-order valence-corrected chi connectivity index (χ0v) is 15.2. The van der Waals surface area contributed by atoms with Crippen molar-refractivity contribution in [1.29, 1.82) is 0 Å². The summed E-state index contributed by atoms with van der Waals surface area (Å²) in [4.78, 5) is 2.57. The van der Waals surface area contributed by atoms with E-state index in [0.29, 0.717) is 12.1 Å². The van der Waals surface area contributed by atoms with E-state index in [1.807, 2.05) is 27.7 Å². The van der Waals surface area contributed by atoms with Crippen LogP contribution in [0.15, 0.2) is 24.3 Å². The van der Waals surface area contributed by atoms with E-state index >= 15 is 0 Å². The predicted octanol–water partition coefficient (Wildman–Crippen LogP) is 5.97. The van der Waals surface area contributed by atoms with Gasteiger partial charge in [-0.1, -0.05) is 60.2 Å². The molecule has 0 amide bonds. The molecule has 2 unspecified atom stereocenters. The summed E-state index contributed by atoms with van der Waals surface area (Å²) >= 11 is 0. The minimum Gasteiger partial charge on any atom is -0.382 e. The highest BCUT2D eigenvalue weighted by atomic mass is 15.2. The normalized spacial score (nSPS) is 20.5. The summed E-state index contributed by atoms with van der Waals surface area (Å²) in [5, 5.41) is 3.70. The molecule has 2 rings (SSSR count). The maximum absolute atomic E-state index is 3.70. The molecule has 2 atom stereocenters. The van der Waals surface area contributed by atoms with Crippen LogP contribution >= 0.6 is 0 Å². The maximum Gasteiger partial charge on any atom is 0.0372 e. The average molecular weight is 309 g/mol. The number of nitrogens with zero attached hydrogens (tertiary/aromatic N) is 1. The summed E-state index contributed by atoms with van der Waals surface area (Å²) in [6.45, 7) is 17.2. The quantitative estimate of drug-likeness (QED) is 0.740. The standard InChI is InChI=1S/C15H24N2.2C2H6.CH4/c1-4-17-10-9-14(11-13(17)3)16-15-8-6-5-7-12(15)2;2*1-2;/h5-8,13-14,16H,4,9-11H2,1-3H3;2*1-2H3;1H4. The lowest BCUT2D eigenvalue weighted by Crippen LogP contribution is -2.44. The minimum absolute atomic E-state index is 0. The van der Waals surface area contributed by atoms with Gasteiger partial charge in [0, 0.05) is 24.3 Å². The van der Waals surface area contributed by atoms with E-state index in [0.717, 1.165) is 0 Å². The van der Waals surface area contributed by atoms with Crippen LogP contribution in [0.3, 0.4) is 0 Å². The molecule has 130 valence electrons. The molecule has 1 fully saturated rings. The van der Waals surface area contributed by atoms with Gasteiger partial charge in [0.15, 0.2) is 0 Å². The van der Waals surface area contributed by atoms with Gasteiger partial charge in [-0.2, -0.15) is 0 Å². The molecular formula is C20H40N2. The Hall–Kier alpha value is -1.02. The van der Waals surface area contributed by atoms with Crippen LogP contribution in [-0.4, -0.2) is 30.1 Å². The molecule has 2 nitrogen and oxygen atoms in total. The van der Waals surface area contributed by atoms with Gasteiger partial charge in [-0.15, -0.1) is 0 Å². The summed E-state index contributed by atoms with van der Waals surface area (Å²) in [6.07, 6.45) is 2.51. The molecule has 0 spiro atoms. The van der Waals surface area contributed by atoms with Gasteiger partial charge in [-0.05, 0) is 44.9 Å². The molecule has 1 heterocycles. The molecule has 0 saturated carbocycles. The number of hydrogen-bond donors (Lipinski definition) is 1. The molecule has 0 aliphatic carbocycles. The molecule has 22 heavy (non-hydrogen) atoms. The fourth-order valence-corrected chi connectivity index (χ4v) is 2.78. The molecule has 1 aromatic carbocycles. The molecule has 2 heteroatoms. The van der Waals surface area contributed by atoms with Crippen molar-refractivity contribution in [2.75, 3.05) is 18.4 Å². The number of hydrogen-bond acceptors (Lipinski definition) is 2. The summed E-state index contributed by atoms with van der Waals surface area (Å²) in [5.41, 5.74) is 2.65. The smallest absolute Gasteiger partial charge is 0.0372 e. The highest BCUT2D eigenvalue weighted by Gasteiger charge is 2.24. The second kappa shape index (κ2) is 13.6. The first-order valence-electron chi connectivity index (χ1n) is 8.77. The van der Waals surface area contributed by atoms with Crippen molar-refractivity contribution < 1.29 is 0 Å². The third-order valence-electron chi connectivity index (χ3n) is 3.92. The number of likely N-dealkylation sites (tertiary alicyclic amines) is 1. The van der Waals surface area contributed by atoms with Gasteiger partial charge in [0.1, 0.15) is 0 Å². The Bertz CT molecular complexity index is 362. The van der Waals surface area contributed by atoms with Gasteiger partial charge in [0.25, 0.3) is 0 Å². The van der Waals surface area contributed by atoms with E-state index in [2.05, 4.69) is 55.3 Å². The van der Waals surface area contributed by atoms with Crippen molar-refractivity contribution in [2.24, 2.45) is 0 Å². The summed E-state index contributed by atoms with van der Waals surface area (Å²) in [7, 11) is 0. The number of rotatable bonds is 3. The molecule has 1 aromatic rings.